The van der Waals surface area contributed by atoms with Crippen molar-refractivity contribution >= 4 is 28.9 Å². The predicted octanol–water partition coefficient (Wildman–Crippen LogP) is 3.23. The van der Waals surface area contributed by atoms with Crippen LogP contribution < -0.4 is 10.6 Å². The van der Waals surface area contributed by atoms with Gasteiger partial charge in [-0.3, -0.25) is 4.79 Å². The highest BCUT2D eigenvalue weighted by atomic mass is 19.1. The van der Waals surface area contributed by atoms with Gasteiger partial charge >= 0.3 is 6.09 Å². The molecule has 1 unspecified atom stereocenters. The number of benzene rings is 1. The summed E-state index contributed by atoms with van der Waals surface area (Å²) in [7, 11) is 1.21. The maximum Gasteiger partial charge on any atom is 0.407 e. The molecule has 4 heterocycles. The topological polar surface area (TPSA) is 124 Å². The second-order valence-corrected chi connectivity index (χ2v) is 7.03. The molecule has 2 N–H and O–H groups in total. The highest BCUT2D eigenvalue weighted by Crippen LogP contribution is 2.32. The van der Waals surface area contributed by atoms with Crippen LogP contribution in [0.1, 0.15) is 17.2 Å². The van der Waals surface area contributed by atoms with Crippen LogP contribution >= 0.6 is 0 Å². The first kappa shape index (κ1) is 22.5. The number of carbonyl (C=O) groups is 2. The van der Waals surface area contributed by atoms with E-state index in [9.17, 15) is 14.0 Å². The van der Waals surface area contributed by atoms with Crippen LogP contribution in [0.4, 0.5) is 15.0 Å². The molecule has 3 aromatic heterocycles. The van der Waals surface area contributed by atoms with Crippen LogP contribution in [0.25, 0.3) is 22.6 Å². The average Bonchev–Trinajstić information content (AvgIpc) is 3.38. The van der Waals surface area contributed by atoms with Crippen molar-refractivity contribution < 1.29 is 18.7 Å². The number of aromatic nitrogens is 5. The first-order chi connectivity index (χ1) is 16.5. The fraction of sp³-hybridized carbons (Fsp3) is 0.130. The summed E-state index contributed by atoms with van der Waals surface area (Å²) in [6.07, 6.45) is 2.33. The van der Waals surface area contributed by atoms with E-state index in [-0.39, 0.29) is 24.0 Å². The van der Waals surface area contributed by atoms with Crippen molar-refractivity contribution in [1.82, 2.24) is 30.0 Å². The minimum absolute atomic E-state index is 0.174. The summed E-state index contributed by atoms with van der Waals surface area (Å²) in [5.74, 6) is -0.266. The molecule has 172 valence electrons. The zero-order valence-electron chi connectivity index (χ0n) is 18.2. The lowest BCUT2D eigenvalue weighted by Gasteiger charge is -2.09. The Kier molecular flexibility index (Phi) is 6.26. The minimum Gasteiger partial charge on any atom is -0.453 e. The first-order valence-corrected chi connectivity index (χ1v) is 10.1. The Balaban J connectivity index is 0.00000133. The molecule has 1 aliphatic rings. The van der Waals surface area contributed by atoms with Crippen molar-refractivity contribution in [2.45, 2.75) is 12.6 Å². The summed E-state index contributed by atoms with van der Waals surface area (Å²) < 4.78 is 20.3. The van der Waals surface area contributed by atoms with Gasteiger partial charge in [-0.15, -0.1) is 13.2 Å². The number of amides is 2. The molecule has 2 amide bonds. The summed E-state index contributed by atoms with van der Waals surface area (Å²) >= 11 is 0. The monoisotopic (exact) mass is 461 g/mol. The van der Waals surface area contributed by atoms with E-state index < -0.39 is 18.0 Å². The average molecular weight is 461 g/mol. The molecule has 1 atom stereocenters. The molecule has 0 saturated heterocycles. The lowest BCUT2D eigenvalue weighted by molar-refractivity contribution is -0.117. The molecule has 11 heteroatoms. The van der Waals surface area contributed by atoms with Crippen LogP contribution in [0.3, 0.4) is 0 Å². The van der Waals surface area contributed by atoms with E-state index in [1.165, 1.54) is 19.4 Å². The second-order valence-electron chi connectivity index (χ2n) is 7.03. The number of hydrogen-bond donors (Lipinski definition) is 2. The van der Waals surface area contributed by atoms with Crippen LogP contribution in [0.2, 0.25) is 0 Å². The van der Waals surface area contributed by atoms with Gasteiger partial charge in [0.05, 0.1) is 19.0 Å². The van der Waals surface area contributed by atoms with Gasteiger partial charge in [-0.2, -0.15) is 5.10 Å². The summed E-state index contributed by atoms with van der Waals surface area (Å²) in [4.78, 5) is 37.0. The molecule has 10 nitrogen and oxygen atoms in total. The predicted molar refractivity (Wildman–Crippen MR) is 122 cm³/mol. The molecular formula is C23H20FN7O3. The van der Waals surface area contributed by atoms with Crippen molar-refractivity contribution in [3.8, 4) is 11.5 Å². The summed E-state index contributed by atoms with van der Waals surface area (Å²) in [5, 5.41) is 10.3. The largest absolute Gasteiger partial charge is 0.453 e. The van der Waals surface area contributed by atoms with Crippen molar-refractivity contribution in [2.75, 3.05) is 12.4 Å². The molecule has 0 bridgehead atoms. The second kappa shape index (κ2) is 9.45. The van der Waals surface area contributed by atoms with Gasteiger partial charge in [0.25, 0.3) is 5.91 Å². The molecule has 4 aromatic rings. The van der Waals surface area contributed by atoms with Gasteiger partial charge in [-0.25, -0.2) is 28.8 Å². The Labute approximate surface area is 193 Å². The summed E-state index contributed by atoms with van der Waals surface area (Å²) in [6, 6.07) is 9.07. The van der Waals surface area contributed by atoms with Gasteiger partial charge in [0.15, 0.2) is 11.5 Å². The highest BCUT2D eigenvalue weighted by Gasteiger charge is 2.34. The third-order valence-corrected chi connectivity index (χ3v) is 5.08. The number of hydrogen-bond acceptors (Lipinski definition) is 7. The number of fused-ring (bicyclic) bond motifs is 2. The Hall–Kier alpha value is -4.67. The third-order valence-electron chi connectivity index (χ3n) is 5.08. The normalized spacial score (nSPS) is 14.1. The van der Waals surface area contributed by atoms with E-state index in [0.29, 0.717) is 27.9 Å². The fourth-order valence-corrected chi connectivity index (χ4v) is 3.54. The van der Waals surface area contributed by atoms with E-state index in [0.717, 1.165) is 0 Å². The van der Waals surface area contributed by atoms with Gasteiger partial charge in [0, 0.05) is 23.5 Å². The van der Waals surface area contributed by atoms with Gasteiger partial charge in [0.1, 0.15) is 23.4 Å². The highest BCUT2D eigenvalue weighted by molar-refractivity contribution is 6.03. The Bertz CT molecular complexity index is 1390. The van der Waals surface area contributed by atoms with Crippen molar-refractivity contribution in [3.63, 3.8) is 0 Å². The van der Waals surface area contributed by atoms with Crippen LogP contribution in [-0.2, 0) is 16.1 Å². The summed E-state index contributed by atoms with van der Waals surface area (Å²) in [6.45, 7) is 6.17. The molecule has 0 radical (unpaired) electrons. The smallest absolute Gasteiger partial charge is 0.407 e. The number of ether oxygens (including phenoxy) is 1. The summed E-state index contributed by atoms with van der Waals surface area (Å²) in [5.41, 5.74) is 1.86. The zero-order chi connectivity index (χ0) is 24.2. The molecule has 0 saturated carbocycles. The lowest BCUT2D eigenvalue weighted by Crippen LogP contribution is -2.32. The Morgan fingerprint density at radius 2 is 2.03 bits per heavy atom. The van der Waals surface area contributed by atoms with Crippen molar-refractivity contribution in [3.05, 3.63) is 78.9 Å². The third kappa shape index (κ3) is 4.06. The van der Waals surface area contributed by atoms with Gasteiger partial charge in [0.2, 0.25) is 0 Å². The molecule has 5 rings (SSSR count). The maximum atomic E-state index is 14.2. The van der Waals surface area contributed by atoms with Gasteiger partial charge in [-0.1, -0.05) is 18.2 Å². The molecule has 34 heavy (non-hydrogen) atoms. The van der Waals surface area contributed by atoms with E-state index in [4.69, 9.17) is 0 Å². The van der Waals surface area contributed by atoms with E-state index in [1.807, 2.05) is 6.07 Å². The van der Waals surface area contributed by atoms with E-state index in [2.05, 4.69) is 48.6 Å². The fourth-order valence-electron chi connectivity index (χ4n) is 3.54. The first-order valence-electron chi connectivity index (χ1n) is 10.1. The quantitative estimate of drug-likeness (QED) is 0.447. The number of pyridine rings is 1. The SMILES string of the molecule is C=C.COC(=O)NC1C(=O)Nc2nc(-c3nn(Cc4ccccc4F)c4ncccc34)ncc21. The number of alkyl carbamates (subject to hydrolysis) is 1. The Morgan fingerprint density at radius 3 is 2.79 bits per heavy atom. The number of nitrogens with one attached hydrogen (secondary N) is 2. The number of carbonyl (C=O) groups excluding carboxylic acids is 2. The van der Waals surface area contributed by atoms with Crippen LogP contribution in [0.5, 0.6) is 0 Å². The van der Waals surface area contributed by atoms with Crippen LogP contribution in [0, 0.1) is 5.82 Å². The van der Waals surface area contributed by atoms with Crippen molar-refractivity contribution in [2.24, 2.45) is 0 Å². The van der Waals surface area contributed by atoms with Crippen LogP contribution in [-0.4, -0.2) is 43.8 Å². The minimum atomic E-state index is -0.955. The zero-order valence-corrected chi connectivity index (χ0v) is 18.2. The molecule has 0 aliphatic carbocycles. The maximum absolute atomic E-state index is 14.2. The molecule has 1 aromatic carbocycles. The van der Waals surface area contributed by atoms with Crippen LogP contribution in [0.15, 0.2) is 61.9 Å². The number of nitrogens with zero attached hydrogens (tertiary/aromatic N) is 5. The number of halogens is 1. The van der Waals surface area contributed by atoms with Gasteiger partial charge in [-0.05, 0) is 18.2 Å². The lowest BCUT2D eigenvalue weighted by atomic mass is 10.1. The number of methoxy groups -OCH3 is 1. The molecule has 0 fully saturated rings. The molecular weight excluding hydrogens is 441 g/mol. The van der Waals surface area contributed by atoms with E-state index in [1.54, 1.807) is 35.1 Å². The van der Waals surface area contributed by atoms with E-state index >= 15 is 0 Å². The number of rotatable bonds is 4. The Morgan fingerprint density at radius 1 is 1.24 bits per heavy atom. The molecule has 1 aliphatic heterocycles. The van der Waals surface area contributed by atoms with Gasteiger partial charge < -0.3 is 15.4 Å². The number of anilines is 1. The molecule has 0 spiro atoms. The standard InChI is InChI=1S/C21H16FN7O3.C2H4/c1-32-21(31)25-16-13-9-24-18(26-17(13)27-20(16)30)15-12-6-4-8-23-19(12)29(28-15)10-11-5-2-3-7-14(11)22;1-2/h2-9,16H,10H2,1H3,(H,25,31)(H,24,26,27,30);1-2H2. The van der Waals surface area contributed by atoms with Crippen molar-refractivity contribution in [1.29, 1.82) is 0 Å².